The molecule has 0 radical (unpaired) electrons. The molecular weight excluding hydrogens is 190 g/mol. The van der Waals surface area contributed by atoms with Crippen LogP contribution in [0.5, 0.6) is 0 Å². The molecule has 0 aliphatic heterocycles. The summed E-state index contributed by atoms with van der Waals surface area (Å²) in [6.45, 7) is 0. The molecule has 1 nitrogen and oxygen atoms in total. The van der Waals surface area contributed by atoms with Gasteiger partial charge in [-0.1, -0.05) is 29.3 Å². The smallest absolute Gasteiger partial charge is 0.255 e. The molecule has 0 spiro atoms. The van der Waals surface area contributed by atoms with Gasteiger partial charge in [0.2, 0.25) is 0 Å². The number of benzene rings is 1. The zero-order valence-electron chi connectivity index (χ0n) is 5.27. The number of hydrogen-bond acceptors (Lipinski definition) is 1. The zero-order chi connectivity index (χ0) is 8.43. The second kappa shape index (κ2) is 3.20. The minimum absolute atomic E-state index is 0.0401. The molecule has 11 heavy (non-hydrogen) atoms. The van der Waals surface area contributed by atoms with Crippen molar-refractivity contribution in [1.82, 2.24) is 0 Å². The molecule has 4 heteroatoms. The van der Waals surface area contributed by atoms with E-state index < -0.39 is 6.04 Å². The maximum Gasteiger partial charge on any atom is 0.333 e. The number of carbonyl (C=O) groups excluding carboxylic acids is 1. The van der Waals surface area contributed by atoms with Crippen LogP contribution in [0.3, 0.4) is 0 Å². The molecule has 0 aliphatic rings. The van der Waals surface area contributed by atoms with Gasteiger partial charge < -0.3 is 0 Å². The van der Waals surface area contributed by atoms with E-state index in [1.54, 1.807) is 0 Å². The van der Waals surface area contributed by atoms with Crippen molar-refractivity contribution in [2.45, 2.75) is 0 Å². The van der Waals surface area contributed by atoms with E-state index in [-0.39, 0.29) is 15.6 Å². The van der Waals surface area contributed by atoms with Crippen molar-refractivity contribution in [3.8, 4) is 0 Å². The first-order chi connectivity index (χ1) is 5.13. The molecule has 1 aromatic rings. The monoisotopic (exact) mass is 192 g/mol. The maximum atomic E-state index is 12.1. The van der Waals surface area contributed by atoms with Gasteiger partial charge >= 0.3 is 6.04 Å². The van der Waals surface area contributed by atoms with Crippen molar-refractivity contribution in [3.63, 3.8) is 0 Å². The van der Waals surface area contributed by atoms with E-state index in [0.717, 1.165) is 0 Å². The van der Waals surface area contributed by atoms with Gasteiger partial charge in [0.1, 0.15) is 0 Å². The Morgan fingerprint density at radius 3 is 2.45 bits per heavy atom. The molecule has 1 rings (SSSR count). The quantitative estimate of drug-likeness (QED) is 0.626. The highest BCUT2D eigenvalue weighted by Crippen LogP contribution is 2.25. The lowest BCUT2D eigenvalue weighted by molar-refractivity contribution is 0.0836. The van der Waals surface area contributed by atoms with E-state index >= 15 is 0 Å². The Bertz CT molecular complexity index is 298. The van der Waals surface area contributed by atoms with Crippen molar-refractivity contribution in [1.29, 1.82) is 0 Å². The summed E-state index contributed by atoms with van der Waals surface area (Å²) in [5, 5.41) is 0.136. The minimum Gasteiger partial charge on any atom is -0.255 e. The average Bonchev–Trinajstić information content (AvgIpc) is 1.94. The van der Waals surface area contributed by atoms with Crippen molar-refractivity contribution < 1.29 is 9.18 Å². The first kappa shape index (κ1) is 8.50. The normalized spacial score (nSPS) is 9.73. The Kier molecular flexibility index (Phi) is 2.47. The highest BCUT2D eigenvalue weighted by molar-refractivity contribution is 6.43. The van der Waals surface area contributed by atoms with Crippen LogP contribution >= 0.6 is 23.2 Å². The summed E-state index contributed by atoms with van der Waals surface area (Å²) in [6, 6.07) is 2.64. The molecule has 0 heterocycles. The van der Waals surface area contributed by atoms with Crippen molar-refractivity contribution in [2.75, 3.05) is 0 Å². The summed E-state index contributed by atoms with van der Waals surface area (Å²) in [5.74, 6) is 0. The molecule has 0 saturated heterocycles. The van der Waals surface area contributed by atoms with E-state index in [1.807, 2.05) is 0 Å². The molecule has 0 amide bonds. The number of halogens is 3. The third-order valence-corrected chi connectivity index (χ3v) is 1.98. The van der Waals surface area contributed by atoms with Gasteiger partial charge in [-0.05, 0) is 12.1 Å². The molecular formula is C7H3Cl2FO. The van der Waals surface area contributed by atoms with Crippen LogP contribution in [0.15, 0.2) is 18.2 Å². The molecule has 0 aliphatic carbocycles. The van der Waals surface area contributed by atoms with Gasteiger partial charge in [-0.15, -0.1) is 0 Å². The van der Waals surface area contributed by atoms with Crippen molar-refractivity contribution in [2.24, 2.45) is 0 Å². The van der Waals surface area contributed by atoms with Crippen LogP contribution in [0.2, 0.25) is 10.0 Å². The summed E-state index contributed by atoms with van der Waals surface area (Å²) < 4.78 is 12.1. The Morgan fingerprint density at radius 2 is 2.00 bits per heavy atom. The lowest BCUT2D eigenvalue weighted by Crippen LogP contribution is -1.90. The highest BCUT2D eigenvalue weighted by atomic mass is 35.5. The summed E-state index contributed by atoms with van der Waals surface area (Å²) in [6.07, 6.45) is 0. The summed E-state index contributed by atoms with van der Waals surface area (Å²) in [4.78, 5) is 10.2. The van der Waals surface area contributed by atoms with Gasteiger partial charge in [-0.3, -0.25) is 4.79 Å². The predicted octanol–water partition coefficient (Wildman–Crippen LogP) is 3.10. The second-order valence-corrected chi connectivity index (χ2v) is 2.66. The van der Waals surface area contributed by atoms with Crippen LogP contribution in [0.25, 0.3) is 0 Å². The Balaban J connectivity index is 3.27. The van der Waals surface area contributed by atoms with Crippen molar-refractivity contribution in [3.05, 3.63) is 33.8 Å². The summed E-state index contributed by atoms with van der Waals surface area (Å²) in [7, 11) is 0. The fourth-order valence-electron chi connectivity index (χ4n) is 0.656. The SMILES string of the molecule is O=C(F)c1cccc(Cl)c1Cl. The molecule has 0 unspecified atom stereocenters. The topological polar surface area (TPSA) is 17.1 Å². The summed E-state index contributed by atoms with van der Waals surface area (Å²) >= 11 is 11.0. The third-order valence-electron chi connectivity index (χ3n) is 1.16. The molecule has 58 valence electrons. The minimum atomic E-state index is -1.57. The number of hydrogen-bond donors (Lipinski definition) is 0. The molecule has 0 bridgehead atoms. The predicted molar refractivity (Wildman–Crippen MR) is 41.9 cm³/mol. The first-order valence-electron chi connectivity index (χ1n) is 2.77. The lowest BCUT2D eigenvalue weighted by Gasteiger charge is -1.97. The number of carbonyl (C=O) groups is 1. The fourth-order valence-corrected chi connectivity index (χ4v) is 1.03. The van der Waals surface area contributed by atoms with Crippen LogP contribution in [0.4, 0.5) is 4.39 Å². The van der Waals surface area contributed by atoms with Gasteiger partial charge in [0.15, 0.2) is 0 Å². The van der Waals surface area contributed by atoms with Crippen LogP contribution in [0, 0.1) is 0 Å². The van der Waals surface area contributed by atoms with E-state index in [2.05, 4.69) is 0 Å². The van der Waals surface area contributed by atoms with E-state index in [9.17, 15) is 9.18 Å². The van der Waals surface area contributed by atoms with E-state index in [1.165, 1.54) is 18.2 Å². The zero-order valence-corrected chi connectivity index (χ0v) is 6.79. The molecule has 0 fully saturated rings. The van der Waals surface area contributed by atoms with Gasteiger partial charge in [-0.2, -0.15) is 4.39 Å². The summed E-state index contributed by atoms with van der Waals surface area (Å²) in [5.41, 5.74) is -0.195. The van der Waals surface area contributed by atoms with Crippen LogP contribution < -0.4 is 0 Å². The maximum absolute atomic E-state index is 12.1. The Labute approximate surface area is 72.7 Å². The molecule has 0 N–H and O–H groups in total. The largest absolute Gasteiger partial charge is 0.333 e. The van der Waals surface area contributed by atoms with Gasteiger partial charge in [0, 0.05) is 0 Å². The molecule has 1 aromatic carbocycles. The second-order valence-electron chi connectivity index (χ2n) is 1.88. The standard InChI is InChI=1S/C7H3Cl2FO/c8-5-3-1-2-4(6(5)9)7(10)11/h1-3H. The molecule has 0 atom stereocenters. The Morgan fingerprint density at radius 1 is 1.36 bits per heavy atom. The Hall–Kier alpha value is -0.600. The highest BCUT2D eigenvalue weighted by Gasteiger charge is 2.10. The fraction of sp³-hybridized carbons (Fsp3) is 0. The van der Waals surface area contributed by atoms with Crippen LogP contribution in [-0.2, 0) is 0 Å². The average molecular weight is 193 g/mol. The number of rotatable bonds is 1. The molecule has 0 aromatic heterocycles. The van der Waals surface area contributed by atoms with Crippen LogP contribution in [-0.4, -0.2) is 6.04 Å². The third kappa shape index (κ3) is 1.70. The van der Waals surface area contributed by atoms with E-state index in [4.69, 9.17) is 23.2 Å². The van der Waals surface area contributed by atoms with Gasteiger partial charge in [0.25, 0.3) is 0 Å². The molecule has 0 saturated carbocycles. The van der Waals surface area contributed by atoms with Gasteiger partial charge in [-0.25, -0.2) is 0 Å². The van der Waals surface area contributed by atoms with Crippen LogP contribution in [0.1, 0.15) is 10.4 Å². The van der Waals surface area contributed by atoms with Crippen molar-refractivity contribution >= 4 is 29.2 Å². The first-order valence-corrected chi connectivity index (χ1v) is 3.52. The lowest BCUT2D eigenvalue weighted by atomic mass is 10.2. The van der Waals surface area contributed by atoms with E-state index in [0.29, 0.717) is 0 Å². The van der Waals surface area contributed by atoms with Gasteiger partial charge in [0.05, 0.1) is 15.6 Å².